The lowest BCUT2D eigenvalue weighted by atomic mass is 10.0. The highest BCUT2D eigenvalue weighted by Gasteiger charge is 2.08. The standard InChI is InChI=1S/C14H15FN2/c1-10-5-6-17-9-13(10)12-4-3-11(8-16-2)7-14(12)15/h3-7,9,16H,8H2,1-2H3. The molecular weight excluding hydrogens is 215 g/mol. The largest absolute Gasteiger partial charge is 0.316 e. The van der Waals surface area contributed by atoms with Crippen molar-refractivity contribution in [2.45, 2.75) is 13.5 Å². The molecule has 0 unspecified atom stereocenters. The second kappa shape index (κ2) is 5.06. The van der Waals surface area contributed by atoms with E-state index >= 15 is 0 Å². The molecule has 1 heterocycles. The van der Waals surface area contributed by atoms with Crippen molar-refractivity contribution in [3.05, 3.63) is 53.6 Å². The van der Waals surface area contributed by atoms with Gasteiger partial charge in [0, 0.05) is 30.1 Å². The van der Waals surface area contributed by atoms with Gasteiger partial charge in [0.1, 0.15) is 5.82 Å². The van der Waals surface area contributed by atoms with Gasteiger partial charge in [-0.15, -0.1) is 0 Å². The minimum Gasteiger partial charge on any atom is -0.316 e. The van der Waals surface area contributed by atoms with Crippen molar-refractivity contribution >= 4 is 0 Å². The third-order valence-corrected chi connectivity index (χ3v) is 2.74. The monoisotopic (exact) mass is 230 g/mol. The van der Waals surface area contributed by atoms with Crippen LogP contribution in [0.4, 0.5) is 4.39 Å². The fourth-order valence-corrected chi connectivity index (χ4v) is 1.84. The van der Waals surface area contributed by atoms with Crippen LogP contribution in [0.15, 0.2) is 36.7 Å². The number of benzene rings is 1. The average molecular weight is 230 g/mol. The minimum atomic E-state index is -0.200. The van der Waals surface area contributed by atoms with E-state index < -0.39 is 0 Å². The number of rotatable bonds is 3. The number of hydrogen-bond donors (Lipinski definition) is 1. The summed E-state index contributed by atoms with van der Waals surface area (Å²) < 4.78 is 14.0. The number of halogens is 1. The van der Waals surface area contributed by atoms with Crippen LogP contribution < -0.4 is 5.32 Å². The van der Waals surface area contributed by atoms with Gasteiger partial charge in [-0.05, 0) is 37.2 Å². The Hall–Kier alpha value is -1.74. The van der Waals surface area contributed by atoms with E-state index in [1.54, 1.807) is 18.5 Å². The van der Waals surface area contributed by atoms with E-state index in [9.17, 15) is 4.39 Å². The van der Waals surface area contributed by atoms with Crippen LogP contribution in [0.1, 0.15) is 11.1 Å². The summed E-state index contributed by atoms with van der Waals surface area (Å²) in [6, 6.07) is 7.20. The summed E-state index contributed by atoms with van der Waals surface area (Å²) in [7, 11) is 1.84. The topological polar surface area (TPSA) is 24.9 Å². The third-order valence-electron chi connectivity index (χ3n) is 2.74. The van der Waals surface area contributed by atoms with E-state index in [0.29, 0.717) is 12.1 Å². The molecule has 0 aliphatic heterocycles. The molecule has 0 fully saturated rings. The fraction of sp³-hybridized carbons (Fsp3) is 0.214. The molecule has 2 aromatic rings. The summed E-state index contributed by atoms with van der Waals surface area (Å²) in [5, 5.41) is 3.00. The van der Waals surface area contributed by atoms with Crippen molar-refractivity contribution in [2.24, 2.45) is 0 Å². The Morgan fingerprint density at radius 2 is 2.06 bits per heavy atom. The summed E-state index contributed by atoms with van der Waals surface area (Å²) in [5.41, 5.74) is 3.42. The molecule has 2 rings (SSSR count). The van der Waals surface area contributed by atoms with Gasteiger partial charge in [-0.25, -0.2) is 4.39 Å². The lowest BCUT2D eigenvalue weighted by Crippen LogP contribution is -2.05. The number of nitrogens with one attached hydrogen (secondary N) is 1. The van der Waals surface area contributed by atoms with Gasteiger partial charge in [0.05, 0.1) is 0 Å². The van der Waals surface area contributed by atoms with Gasteiger partial charge in [-0.3, -0.25) is 4.98 Å². The summed E-state index contributed by atoms with van der Waals surface area (Å²) in [6.45, 7) is 2.63. The number of pyridine rings is 1. The second-order valence-electron chi connectivity index (χ2n) is 4.04. The molecule has 0 amide bonds. The van der Waals surface area contributed by atoms with Crippen LogP contribution in [0.5, 0.6) is 0 Å². The highest BCUT2D eigenvalue weighted by Crippen LogP contribution is 2.25. The maximum absolute atomic E-state index is 14.0. The average Bonchev–Trinajstić information content (AvgIpc) is 2.31. The SMILES string of the molecule is CNCc1ccc(-c2cnccc2C)c(F)c1. The second-order valence-corrected chi connectivity index (χ2v) is 4.04. The normalized spacial score (nSPS) is 10.5. The number of aromatic nitrogens is 1. The molecular formula is C14H15FN2. The fourth-order valence-electron chi connectivity index (χ4n) is 1.84. The van der Waals surface area contributed by atoms with Crippen molar-refractivity contribution in [3.8, 4) is 11.1 Å². The highest BCUT2D eigenvalue weighted by atomic mass is 19.1. The maximum Gasteiger partial charge on any atom is 0.131 e. The molecule has 0 bridgehead atoms. The van der Waals surface area contributed by atoms with Crippen molar-refractivity contribution < 1.29 is 4.39 Å². The van der Waals surface area contributed by atoms with Gasteiger partial charge in [-0.1, -0.05) is 12.1 Å². The molecule has 3 heteroatoms. The van der Waals surface area contributed by atoms with Gasteiger partial charge in [0.15, 0.2) is 0 Å². The van der Waals surface area contributed by atoms with E-state index in [2.05, 4.69) is 10.3 Å². The Bertz CT molecular complexity index is 523. The zero-order valence-electron chi connectivity index (χ0n) is 10.00. The molecule has 0 radical (unpaired) electrons. The van der Waals surface area contributed by atoms with E-state index in [-0.39, 0.29) is 5.82 Å². The van der Waals surface area contributed by atoms with Gasteiger partial charge in [0.2, 0.25) is 0 Å². The molecule has 1 N–H and O–H groups in total. The van der Waals surface area contributed by atoms with E-state index in [1.165, 1.54) is 0 Å². The quantitative estimate of drug-likeness (QED) is 0.877. The first-order valence-corrected chi connectivity index (χ1v) is 5.56. The maximum atomic E-state index is 14.0. The van der Waals surface area contributed by atoms with E-state index in [0.717, 1.165) is 16.7 Å². The molecule has 0 saturated heterocycles. The van der Waals surface area contributed by atoms with Crippen LogP contribution in [-0.4, -0.2) is 12.0 Å². The summed E-state index contributed by atoms with van der Waals surface area (Å²) in [4.78, 5) is 4.04. The van der Waals surface area contributed by atoms with Gasteiger partial charge in [-0.2, -0.15) is 0 Å². The first-order chi connectivity index (χ1) is 8.22. The molecule has 2 nitrogen and oxygen atoms in total. The van der Waals surface area contributed by atoms with Crippen molar-refractivity contribution in [1.29, 1.82) is 0 Å². The Balaban J connectivity index is 2.44. The predicted molar refractivity (Wildman–Crippen MR) is 67.1 cm³/mol. The molecule has 0 saturated carbocycles. The lowest BCUT2D eigenvalue weighted by Gasteiger charge is -2.08. The molecule has 88 valence electrons. The summed E-state index contributed by atoms with van der Waals surface area (Å²) >= 11 is 0. The number of aryl methyl sites for hydroxylation is 1. The van der Waals surface area contributed by atoms with Crippen molar-refractivity contribution in [1.82, 2.24) is 10.3 Å². The Morgan fingerprint density at radius 3 is 2.71 bits per heavy atom. The molecule has 1 aromatic heterocycles. The van der Waals surface area contributed by atoms with Crippen LogP contribution in [0.25, 0.3) is 11.1 Å². The van der Waals surface area contributed by atoms with Gasteiger partial charge in [0.25, 0.3) is 0 Å². The highest BCUT2D eigenvalue weighted by molar-refractivity contribution is 5.66. The first kappa shape index (κ1) is 11.7. The van der Waals surface area contributed by atoms with Crippen LogP contribution in [0.2, 0.25) is 0 Å². The number of nitrogens with zero attached hydrogens (tertiary/aromatic N) is 1. The molecule has 0 atom stereocenters. The van der Waals surface area contributed by atoms with Crippen LogP contribution in [0.3, 0.4) is 0 Å². The molecule has 0 aliphatic rings. The van der Waals surface area contributed by atoms with Crippen LogP contribution in [-0.2, 0) is 6.54 Å². The molecule has 1 aromatic carbocycles. The van der Waals surface area contributed by atoms with Gasteiger partial charge < -0.3 is 5.32 Å². The van der Waals surface area contributed by atoms with Crippen LogP contribution >= 0.6 is 0 Å². The van der Waals surface area contributed by atoms with Crippen LogP contribution in [0, 0.1) is 12.7 Å². The van der Waals surface area contributed by atoms with E-state index in [4.69, 9.17) is 0 Å². The zero-order chi connectivity index (χ0) is 12.3. The predicted octanol–water partition coefficient (Wildman–Crippen LogP) is 2.92. The zero-order valence-corrected chi connectivity index (χ0v) is 10.00. The minimum absolute atomic E-state index is 0.200. The number of hydrogen-bond acceptors (Lipinski definition) is 2. The smallest absolute Gasteiger partial charge is 0.131 e. The van der Waals surface area contributed by atoms with E-state index in [1.807, 2.05) is 32.2 Å². The Morgan fingerprint density at radius 1 is 1.24 bits per heavy atom. The first-order valence-electron chi connectivity index (χ1n) is 5.56. The Labute approximate surface area is 101 Å². The Kier molecular flexibility index (Phi) is 3.49. The molecule has 0 aliphatic carbocycles. The molecule has 0 spiro atoms. The lowest BCUT2D eigenvalue weighted by molar-refractivity contribution is 0.627. The van der Waals surface area contributed by atoms with Crippen molar-refractivity contribution in [2.75, 3.05) is 7.05 Å². The summed E-state index contributed by atoms with van der Waals surface area (Å²) in [6.07, 6.45) is 3.41. The van der Waals surface area contributed by atoms with Gasteiger partial charge >= 0.3 is 0 Å². The summed E-state index contributed by atoms with van der Waals surface area (Å²) in [5.74, 6) is -0.200. The van der Waals surface area contributed by atoms with Crippen molar-refractivity contribution in [3.63, 3.8) is 0 Å². The molecule has 17 heavy (non-hydrogen) atoms. The third kappa shape index (κ3) is 2.50.